The summed E-state index contributed by atoms with van der Waals surface area (Å²) in [6.07, 6.45) is 0. The van der Waals surface area contributed by atoms with Crippen LogP contribution in [-0.4, -0.2) is 37.4 Å². The molecule has 0 fully saturated rings. The maximum Gasteiger partial charge on any atom is 0.255 e. The highest BCUT2D eigenvalue weighted by Gasteiger charge is 2.18. The van der Waals surface area contributed by atoms with E-state index in [2.05, 4.69) is 10.6 Å². The second-order valence-electron chi connectivity index (χ2n) is 7.29. The average molecular weight is 465 g/mol. The number of hydrogen-bond acceptors (Lipinski definition) is 6. The number of nitrogens with one attached hydrogen (secondary N) is 2. The first-order valence-electron chi connectivity index (χ1n) is 10.4. The molecule has 1 aliphatic heterocycles. The fraction of sp³-hybridized carbons (Fsp3) is 0.200. The predicted octanol–water partition coefficient (Wildman–Crippen LogP) is 4.84. The number of thioether (sulfide) groups is 1. The number of amides is 2. The van der Waals surface area contributed by atoms with Gasteiger partial charge in [-0.15, -0.1) is 11.8 Å². The van der Waals surface area contributed by atoms with Crippen LogP contribution in [0, 0.1) is 0 Å². The van der Waals surface area contributed by atoms with Gasteiger partial charge in [0, 0.05) is 16.1 Å². The molecule has 1 heterocycles. The quantitative estimate of drug-likeness (QED) is 0.487. The summed E-state index contributed by atoms with van der Waals surface area (Å²) in [5.74, 6) is 1.60. The average Bonchev–Trinajstić information content (AvgIpc) is 2.84. The fourth-order valence-electron chi connectivity index (χ4n) is 3.25. The van der Waals surface area contributed by atoms with E-state index in [1.807, 2.05) is 37.3 Å². The van der Waals surface area contributed by atoms with Crippen molar-refractivity contribution in [1.29, 1.82) is 0 Å². The Kier molecular flexibility index (Phi) is 7.04. The molecule has 0 unspecified atom stereocenters. The zero-order valence-corrected chi connectivity index (χ0v) is 19.1. The molecule has 33 heavy (non-hydrogen) atoms. The molecule has 2 N–H and O–H groups in total. The number of hydrogen-bond donors (Lipinski definition) is 2. The molecule has 0 radical (unpaired) electrons. The van der Waals surface area contributed by atoms with Crippen molar-refractivity contribution < 1.29 is 23.8 Å². The molecule has 8 heteroatoms. The summed E-state index contributed by atoms with van der Waals surface area (Å²) in [6, 6.07) is 19.6. The predicted molar refractivity (Wildman–Crippen MR) is 129 cm³/mol. The summed E-state index contributed by atoms with van der Waals surface area (Å²) in [4.78, 5) is 26.1. The second kappa shape index (κ2) is 10.3. The van der Waals surface area contributed by atoms with Gasteiger partial charge in [-0.2, -0.15) is 0 Å². The Balaban J connectivity index is 1.34. The molecule has 3 aromatic rings. The highest BCUT2D eigenvalue weighted by molar-refractivity contribution is 8.00. The van der Waals surface area contributed by atoms with Gasteiger partial charge in [-0.1, -0.05) is 12.1 Å². The summed E-state index contributed by atoms with van der Waals surface area (Å²) in [6.45, 7) is 2.90. The van der Waals surface area contributed by atoms with Crippen molar-refractivity contribution >= 4 is 35.0 Å². The topological polar surface area (TPSA) is 85.9 Å². The largest absolute Gasteiger partial charge is 0.495 e. The van der Waals surface area contributed by atoms with Crippen LogP contribution < -0.4 is 24.8 Å². The molecule has 3 aromatic carbocycles. The number of methoxy groups -OCH3 is 1. The Morgan fingerprint density at radius 3 is 2.42 bits per heavy atom. The summed E-state index contributed by atoms with van der Waals surface area (Å²) >= 11 is 1.43. The maximum atomic E-state index is 12.7. The first-order chi connectivity index (χ1) is 16.0. The van der Waals surface area contributed by atoms with Crippen LogP contribution in [0.5, 0.6) is 17.2 Å². The van der Waals surface area contributed by atoms with Crippen molar-refractivity contribution in [2.75, 3.05) is 31.0 Å². The van der Waals surface area contributed by atoms with E-state index in [1.54, 1.807) is 43.5 Å². The molecule has 0 bridgehead atoms. The third kappa shape index (κ3) is 5.59. The molecule has 4 rings (SSSR count). The van der Waals surface area contributed by atoms with Crippen molar-refractivity contribution in [3.63, 3.8) is 0 Å². The van der Waals surface area contributed by atoms with E-state index < -0.39 is 0 Å². The lowest BCUT2D eigenvalue weighted by atomic mass is 10.2. The van der Waals surface area contributed by atoms with Gasteiger partial charge >= 0.3 is 0 Å². The Bertz CT molecular complexity index is 1150. The first-order valence-corrected chi connectivity index (χ1v) is 11.3. The van der Waals surface area contributed by atoms with E-state index in [4.69, 9.17) is 14.2 Å². The van der Waals surface area contributed by atoms with E-state index in [0.717, 1.165) is 10.6 Å². The first kappa shape index (κ1) is 22.5. The highest BCUT2D eigenvalue weighted by atomic mass is 32.2. The molecule has 2 amide bonds. The number of carbonyl (C=O) groups is 2. The number of rotatable bonds is 7. The summed E-state index contributed by atoms with van der Waals surface area (Å²) in [5, 5.41) is 5.39. The van der Waals surface area contributed by atoms with Gasteiger partial charge in [0.25, 0.3) is 5.91 Å². The standard InChI is InChI=1S/C25H24N2O5S/c1-16(33-19-11-12-22-23(15-19)32-14-13-31-22)24(28)26-18-9-7-17(8-10-18)25(29)27-20-5-3-4-6-21(20)30-2/h3-12,15-16H,13-14H2,1-2H3,(H,26,28)(H,27,29)/t16-/m1/s1. The third-order valence-electron chi connectivity index (χ3n) is 4.97. The van der Waals surface area contributed by atoms with Crippen LogP contribution in [-0.2, 0) is 4.79 Å². The Hall–Kier alpha value is -3.65. The zero-order chi connectivity index (χ0) is 23.2. The third-order valence-corrected chi connectivity index (χ3v) is 6.06. The minimum atomic E-state index is -0.332. The van der Waals surface area contributed by atoms with Gasteiger partial charge in [-0.25, -0.2) is 0 Å². The van der Waals surface area contributed by atoms with Crippen LogP contribution in [0.3, 0.4) is 0 Å². The van der Waals surface area contributed by atoms with Crippen molar-refractivity contribution in [2.24, 2.45) is 0 Å². The summed E-state index contributed by atoms with van der Waals surface area (Å²) < 4.78 is 16.4. The van der Waals surface area contributed by atoms with Gasteiger partial charge in [-0.05, 0) is 61.5 Å². The molecule has 7 nitrogen and oxygen atoms in total. The van der Waals surface area contributed by atoms with E-state index in [0.29, 0.717) is 41.7 Å². The number of para-hydroxylation sites is 2. The maximum absolute atomic E-state index is 12.7. The smallest absolute Gasteiger partial charge is 0.255 e. The van der Waals surface area contributed by atoms with Crippen LogP contribution in [0.4, 0.5) is 11.4 Å². The molecule has 0 aromatic heterocycles. The minimum absolute atomic E-state index is 0.138. The number of benzene rings is 3. The van der Waals surface area contributed by atoms with Crippen molar-refractivity contribution in [1.82, 2.24) is 0 Å². The van der Waals surface area contributed by atoms with Gasteiger partial charge in [0.1, 0.15) is 19.0 Å². The van der Waals surface area contributed by atoms with E-state index in [9.17, 15) is 9.59 Å². The van der Waals surface area contributed by atoms with Crippen LogP contribution in [0.25, 0.3) is 0 Å². The van der Waals surface area contributed by atoms with E-state index in [1.165, 1.54) is 11.8 Å². The molecule has 0 saturated carbocycles. The Morgan fingerprint density at radius 2 is 1.67 bits per heavy atom. The van der Waals surface area contributed by atoms with E-state index >= 15 is 0 Å². The van der Waals surface area contributed by atoms with Crippen molar-refractivity contribution in [3.8, 4) is 17.2 Å². The molecular formula is C25H24N2O5S. The van der Waals surface area contributed by atoms with Crippen molar-refractivity contribution in [2.45, 2.75) is 17.1 Å². The van der Waals surface area contributed by atoms with Crippen molar-refractivity contribution in [3.05, 3.63) is 72.3 Å². The Labute approximate surface area is 196 Å². The van der Waals surface area contributed by atoms with Gasteiger partial charge in [0.15, 0.2) is 11.5 Å². The lowest BCUT2D eigenvalue weighted by Gasteiger charge is -2.19. The normalized spacial score (nSPS) is 13.0. The number of anilines is 2. The van der Waals surface area contributed by atoms with Gasteiger partial charge in [0.2, 0.25) is 5.91 Å². The van der Waals surface area contributed by atoms with E-state index in [-0.39, 0.29) is 17.1 Å². The highest BCUT2D eigenvalue weighted by Crippen LogP contribution is 2.35. The molecule has 170 valence electrons. The van der Waals surface area contributed by atoms with Gasteiger partial charge < -0.3 is 24.8 Å². The molecule has 1 aliphatic rings. The van der Waals surface area contributed by atoms with Crippen LogP contribution >= 0.6 is 11.8 Å². The SMILES string of the molecule is COc1ccccc1NC(=O)c1ccc(NC(=O)[C@@H](C)Sc2ccc3c(c2)OCCO3)cc1. The monoisotopic (exact) mass is 464 g/mol. The van der Waals surface area contributed by atoms with Crippen LogP contribution in [0.1, 0.15) is 17.3 Å². The van der Waals surface area contributed by atoms with Gasteiger partial charge in [-0.3, -0.25) is 9.59 Å². The fourth-order valence-corrected chi connectivity index (χ4v) is 4.14. The summed E-state index contributed by atoms with van der Waals surface area (Å²) in [5.41, 5.74) is 1.67. The number of ether oxygens (including phenoxy) is 3. The minimum Gasteiger partial charge on any atom is -0.495 e. The molecule has 0 saturated heterocycles. The van der Waals surface area contributed by atoms with Gasteiger partial charge in [0.05, 0.1) is 18.0 Å². The Morgan fingerprint density at radius 1 is 0.939 bits per heavy atom. The lowest BCUT2D eigenvalue weighted by Crippen LogP contribution is -2.22. The molecule has 0 aliphatic carbocycles. The number of fused-ring (bicyclic) bond motifs is 1. The zero-order valence-electron chi connectivity index (χ0n) is 18.3. The van der Waals surface area contributed by atoms with Crippen LogP contribution in [0.2, 0.25) is 0 Å². The lowest BCUT2D eigenvalue weighted by molar-refractivity contribution is -0.115. The number of carbonyl (C=O) groups excluding carboxylic acids is 2. The molecule has 0 spiro atoms. The molecule has 1 atom stereocenters. The molecular weight excluding hydrogens is 440 g/mol. The summed E-state index contributed by atoms with van der Waals surface area (Å²) in [7, 11) is 1.55. The second-order valence-corrected chi connectivity index (χ2v) is 8.70. The van der Waals surface area contributed by atoms with Crippen LogP contribution in [0.15, 0.2) is 71.6 Å².